The Balaban J connectivity index is 1.94. The first kappa shape index (κ1) is 17.2. The number of nitrogens with one attached hydrogen (secondary N) is 1. The van der Waals surface area contributed by atoms with Gasteiger partial charge in [-0.2, -0.15) is 0 Å². The van der Waals surface area contributed by atoms with Gasteiger partial charge in [0.2, 0.25) is 0 Å². The van der Waals surface area contributed by atoms with Gasteiger partial charge < -0.3 is 5.32 Å². The highest BCUT2D eigenvalue weighted by atomic mass is 14.8. The predicted octanol–water partition coefficient (Wildman–Crippen LogP) is 5.86. The first-order chi connectivity index (χ1) is 12.2. The molecule has 0 unspecified atom stereocenters. The first-order valence-corrected chi connectivity index (χ1v) is 8.76. The van der Waals surface area contributed by atoms with Crippen LogP contribution in [0.5, 0.6) is 0 Å². The number of hydrogen-bond acceptors (Lipinski definition) is 1. The summed E-state index contributed by atoms with van der Waals surface area (Å²) in [7, 11) is 1.98. The van der Waals surface area contributed by atoms with E-state index in [0.29, 0.717) is 0 Å². The van der Waals surface area contributed by atoms with Crippen LogP contribution in [0.3, 0.4) is 0 Å². The average Bonchev–Trinajstić information content (AvgIpc) is 2.64. The molecular formula is C24H25N. The number of aryl methyl sites for hydroxylation is 1. The number of rotatable bonds is 5. The van der Waals surface area contributed by atoms with Crippen molar-refractivity contribution in [2.24, 2.45) is 0 Å². The maximum Gasteiger partial charge on any atom is 0.0202 e. The smallest absolute Gasteiger partial charge is 0.0202 e. The summed E-state index contributed by atoms with van der Waals surface area (Å²) < 4.78 is 0. The molecule has 0 aliphatic heterocycles. The minimum atomic E-state index is 0.893. The number of benzene rings is 3. The zero-order chi connectivity index (χ0) is 17.6. The van der Waals surface area contributed by atoms with E-state index < -0.39 is 0 Å². The molecule has 0 atom stereocenters. The molecule has 0 aromatic heterocycles. The molecule has 0 saturated heterocycles. The average molecular weight is 327 g/mol. The van der Waals surface area contributed by atoms with Gasteiger partial charge in [0.25, 0.3) is 0 Å². The van der Waals surface area contributed by atoms with E-state index in [1.54, 1.807) is 0 Å². The molecule has 3 rings (SSSR count). The van der Waals surface area contributed by atoms with E-state index in [1.165, 1.54) is 38.9 Å². The van der Waals surface area contributed by atoms with E-state index >= 15 is 0 Å². The van der Waals surface area contributed by atoms with Gasteiger partial charge in [0.05, 0.1) is 0 Å². The Labute approximate surface area is 151 Å². The zero-order valence-corrected chi connectivity index (χ0v) is 15.2. The lowest BCUT2D eigenvalue weighted by Gasteiger charge is -2.10. The van der Waals surface area contributed by atoms with Crippen molar-refractivity contribution in [3.63, 3.8) is 0 Å². The molecule has 0 heterocycles. The van der Waals surface area contributed by atoms with Crippen LogP contribution < -0.4 is 5.32 Å². The third kappa shape index (κ3) is 4.07. The summed E-state index contributed by atoms with van der Waals surface area (Å²) >= 11 is 0. The van der Waals surface area contributed by atoms with Gasteiger partial charge in [0.15, 0.2) is 0 Å². The van der Waals surface area contributed by atoms with Gasteiger partial charge in [-0.05, 0) is 59.8 Å². The Kier molecular flexibility index (Phi) is 5.47. The molecule has 0 radical (unpaired) electrons. The van der Waals surface area contributed by atoms with Crippen LogP contribution in [0, 0.1) is 13.8 Å². The molecule has 25 heavy (non-hydrogen) atoms. The SMILES string of the molecule is CNCc1ccc(C)c(/C=C/c2cccc(-c3ccccc3)c2C)c1. The molecule has 0 aliphatic carbocycles. The quantitative estimate of drug-likeness (QED) is 0.579. The largest absolute Gasteiger partial charge is 0.316 e. The zero-order valence-electron chi connectivity index (χ0n) is 15.2. The van der Waals surface area contributed by atoms with Crippen molar-refractivity contribution in [2.45, 2.75) is 20.4 Å². The van der Waals surface area contributed by atoms with Crippen molar-refractivity contribution >= 4 is 12.2 Å². The minimum absolute atomic E-state index is 0.893. The molecule has 3 aromatic rings. The van der Waals surface area contributed by atoms with Crippen molar-refractivity contribution in [1.82, 2.24) is 5.32 Å². The topological polar surface area (TPSA) is 12.0 Å². The highest BCUT2D eigenvalue weighted by Crippen LogP contribution is 2.27. The van der Waals surface area contributed by atoms with E-state index in [1.807, 2.05) is 7.05 Å². The second-order valence-corrected chi connectivity index (χ2v) is 6.44. The minimum Gasteiger partial charge on any atom is -0.316 e. The van der Waals surface area contributed by atoms with Crippen molar-refractivity contribution < 1.29 is 0 Å². The van der Waals surface area contributed by atoms with Crippen LogP contribution in [0.25, 0.3) is 23.3 Å². The summed E-state index contributed by atoms with van der Waals surface area (Å²) in [4.78, 5) is 0. The Morgan fingerprint density at radius 1 is 0.800 bits per heavy atom. The van der Waals surface area contributed by atoms with Gasteiger partial charge >= 0.3 is 0 Å². The third-order valence-electron chi connectivity index (χ3n) is 4.63. The molecule has 1 nitrogen and oxygen atoms in total. The molecule has 0 spiro atoms. The van der Waals surface area contributed by atoms with Crippen molar-refractivity contribution in [3.05, 3.63) is 94.5 Å². The molecule has 0 amide bonds. The molecule has 0 bridgehead atoms. The van der Waals surface area contributed by atoms with Crippen LogP contribution in [0.15, 0.2) is 66.7 Å². The number of hydrogen-bond donors (Lipinski definition) is 1. The molecule has 0 fully saturated rings. The molecule has 1 heteroatoms. The fourth-order valence-corrected chi connectivity index (χ4v) is 3.13. The van der Waals surface area contributed by atoms with E-state index in [-0.39, 0.29) is 0 Å². The van der Waals surface area contributed by atoms with Crippen LogP contribution in [-0.4, -0.2) is 7.05 Å². The van der Waals surface area contributed by atoms with Crippen LogP contribution in [0.1, 0.15) is 27.8 Å². The van der Waals surface area contributed by atoms with Gasteiger partial charge in [-0.3, -0.25) is 0 Å². The Morgan fingerprint density at radius 3 is 2.32 bits per heavy atom. The standard InChI is InChI=1S/C24H25N/c1-18-12-13-20(17-25-3)16-23(18)15-14-21-10-7-11-24(19(21)2)22-8-5-4-6-9-22/h4-16,25H,17H2,1-3H3/b15-14+. The van der Waals surface area contributed by atoms with Crippen LogP contribution in [0.4, 0.5) is 0 Å². The fraction of sp³-hybridized carbons (Fsp3) is 0.167. The van der Waals surface area contributed by atoms with Gasteiger partial charge in [-0.15, -0.1) is 0 Å². The summed E-state index contributed by atoms with van der Waals surface area (Å²) in [6, 6.07) is 23.7. The summed E-state index contributed by atoms with van der Waals surface area (Å²) in [5.74, 6) is 0. The third-order valence-corrected chi connectivity index (χ3v) is 4.63. The highest BCUT2D eigenvalue weighted by Gasteiger charge is 2.04. The Bertz CT molecular complexity index is 876. The van der Waals surface area contributed by atoms with E-state index in [0.717, 1.165) is 6.54 Å². The fourth-order valence-electron chi connectivity index (χ4n) is 3.13. The van der Waals surface area contributed by atoms with E-state index in [4.69, 9.17) is 0 Å². The molecule has 0 saturated carbocycles. The summed E-state index contributed by atoms with van der Waals surface area (Å²) in [6.07, 6.45) is 4.46. The first-order valence-electron chi connectivity index (χ1n) is 8.76. The van der Waals surface area contributed by atoms with E-state index in [9.17, 15) is 0 Å². The van der Waals surface area contributed by atoms with Crippen LogP contribution in [-0.2, 0) is 6.54 Å². The van der Waals surface area contributed by atoms with Gasteiger partial charge in [-0.1, -0.05) is 78.9 Å². The highest BCUT2D eigenvalue weighted by molar-refractivity contribution is 5.78. The van der Waals surface area contributed by atoms with Crippen molar-refractivity contribution in [3.8, 4) is 11.1 Å². The van der Waals surface area contributed by atoms with Gasteiger partial charge in [0.1, 0.15) is 0 Å². The molecule has 3 aromatic carbocycles. The second-order valence-electron chi connectivity index (χ2n) is 6.44. The lowest BCUT2D eigenvalue weighted by molar-refractivity contribution is 0.817. The van der Waals surface area contributed by atoms with Gasteiger partial charge in [0, 0.05) is 6.54 Å². The Morgan fingerprint density at radius 2 is 1.56 bits per heavy atom. The lowest BCUT2D eigenvalue weighted by atomic mass is 9.95. The van der Waals surface area contributed by atoms with E-state index in [2.05, 4.69) is 98.0 Å². The molecule has 126 valence electrons. The Hall–Kier alpha value is -2.64. The second kappa shape index (κ2) is 7.96. The molecule has 1 N–H and O–H groups in total. The molecular weight excluding hydrogens is 302 g/mol. The predicted molar refractivity (Wildman–Crippen MR) is 109 cm³/mol. The van der Waals surface area contributed by atoms with Crippen molar-refractivity contribution in [1.29, 1.82) is 0 Å². The summed E-state index contributed by atoms with van der Waals surface area (Å²) in [5, 5.41) is 3.22. The maximum atomic E-state index is 3.22. The lowest BCUT2D eigenvalue weighted by Crippen LogP contribution is -2.05. The van der Waals surface area contributed by atoms with Gasteiger partial charge in [-0.25, -0.2) is 0 Å². The molecule has 0 aliphatic rings. The van der Waals surface area contributed by atoms with Crippen LogP contribution in [0.2, 0.25) is 0 Å². The van der Waals surface area contributed by atoms with Crippen molar-refractivity contribution in [2.75, 3.05) is 7.05 Å². The van der Waals surface area contributed by atoms with Crippen LogP contribution >= 0.6 is 0 Å². The monoisotopic (exact) mass is 327 g/mol. The summed E-state index contributed by atoms with van der Waals surface area (Å²) in [6.45, 7) is 5.26. The summed E-state index contributed by atoms with van der Waals surface area (Å²) in [5.41, 5.74) is 9.02. The normalized spacial score (nSPS) is 11.2. The maximum absolute atomic E-state index is 3.22.